The third-order valence-electron chi connectivity index (χ3n) is 6.96. The number of aliphatic hydroxyl groups is 1. The summed E-state index contributed by atoms with van der Waals surface area (Å²) in [5.74, 6) is -0.315. The van der Waals surface area contributed by atoms with Crippen molar-refractivity contribution >= 4 is 44.1 Å². The number of urea groups is 1. The number of carbonyl (C=O) groups is 2. The van der Waals surface area contributed by atoms with Crippen molar-refractivity contribution in [1.82, 2.24) is 9.21 Å². The number of nitrogens with zero attached hydrogens (tertiary/aromatic N) is 2. The molecule has 3 amide bonds. The predicted octanol–water partition coefficient (Wildman–Crippen LogP) is 3.60. The third-order valence-corrected chi connectivity index (χ3v) is 8.25. The van der Waals surface area contributed by atoms with Crippen molar-refractivity contribution in [3.8, 4) is 5.75 Å². The minimum absolute atomic E-state index is 0.0857. The Kier molecular flexibility index (Phi) is 8.43. The van der Waals surface area contributed by atoms with E-state index in [1.807, 2.05) is 49.4 Å². The fourth-order valence-electron chi connectivity index (χ4n) is 4.53. The largest absolute Gasteiger partial charge is 0.488 e. The summed E-state index contributed by atoms with van der Waals surface area (Å²) >= 11 is 0. The number of fused-ring (bicyclic) bond motifs is 2. The number of anilines is 2. The molecule has 11 heteroatoms. The molecule has 10 nitrogen and oxygen atoms in total. The van der Waals surface area contributed by atoms with Gasteiger partial charge in [0, 0.05) is 30.6 Å². The molecule has 3 N–H and O–H groups in total. The SMILES string of the molecule is C[C@H](CO)N1C[C@H](C)[C@@H](CN(C)S(C)(=O)=O)Oc2ccc(NC(=O)Nc3cccc4ccccc34)cc2C1=O. The Bertz CT molecular complexity index is 1470. The minimum Gasteiger partial charge on any atom is -0.488 e. The number of rotatable bonds is 7. The van der Waals surface area contributed by atoms with Gasteiger partial charge in [-0.25, -0.2) is 17.5 Å². The summed E-state index contributed by atoms with van der Waals surface area (Å²) < 4.78 is 31.5. The molecule has 4 rings (SSSR count). The van der Waals surface area contributed by atoms with Crippen molar-refractivity contribution in [2.45, 2.75) is 26.0 Å². The Morgan fingerprint density at radius 3 is 2.59 bits per heavy atom. The van der Waals surface area contributed by atoms with Crippen LogP contribution in [0, 0.1) is 5.92 Å². The third kappa shape index (κ3) is 6.49. The highest BCUT2D eigenvalue weighted by Crippen LogP contribution is 2.31. The molecule has 0 unspecified atom stereocenters. The van der Waals surface area contributed by atoms with Crippen LogP contribution in [0.1, 0.15) is 24.2 Å². The van der Waals surface area contributed by atoms with Gasteiger partial charge in [0.05, 0.1) is 36.7 Å². The predicted molar refractivity (Wildman–Crippen MR) is 152 cm³/mol. The molecule has 1 heterocycles. The summed E-state index contributed by atoms with van der Waals surface area (Å²) in [6.45, 7) is 3.71. The Balaban J connectivity index is 1.62. The lowest BCUT2D eigenvalue weighted by Gasteiger charge is -2.38. The quantitative estimate of drug-likeness (QED) is 0.410. The maximum Gasteiger partial charge on any atom is 0.323 e. The van der Waals surface area contributed by atoms with Gasteiger partial charge in [-0.3, -0.25) is 4.79 Å². The summed E-state index contributed by atoms with van der Waals surface area (Å²) in [6, 6.07) is 17.1. The van der Waals surface area contributed by atoms with E-state index in [-0.39, 0.29) is 42.8 Å². The van der Waals surface area contributed by atoms with Crippen molar-refractivity contribution in [3.63, 3.8) is 0 Å². The van der Waals surface area contributed by atoms with Crippen LogP contribution in [-0.4, -0.2) is 79.8 Å². The van der Waals surface area contributed by atoms with Crippen LogP contribution in [-0.2, 0) is 10.0 Å². The van der Waals surface area contributed by atoms with Crippen molar-refractivity contribution in [2.24, 2.45) is 5.92 Å². The average Bonchev–Trinajstić information content (AvgIpc) is 2.90. The highest BCUT2D eigenvalue weighted by atomic mass is 32.2. The number of likely N-dealkylation sites (N-methyl/N-ethyl adjacent to an activating group) is 1. The molecule has 39 heavy (non-hydrogen) atoms. The molecule has 0 aromatic heterocycles. The van der Waals surface area contributed by atoms with Crippen LogP contribution in [0.15, 0.2) is 60.7 Å². The molecular formula is C28H34N4O6S. The summed E-state index contributed by atoms with van der Waals surface area (Å²) in [7, 11) is -1.97. The molecular weight excluding hydrogens is 520 g/mol. The molecule has 0 aliphatic carbocycles. The molecule has 0 bridgehead atoms. The van der Waals surface area contributed by atoms with Crippen LogP contribution < -0.4 is 15.4 Å². The molecule has 208 valence electrons. The molecule has 1 aliphatic heterocycles. The number of carbonyl (C=O) groups excluding carboxylic acids is 2. The first kappa shape index (κ1) is 28.3. The number of hydrogen-bond donors (Lipinski definition) is 3. The fraction of sp³-hybridized carbons (Fsp3) is 0.357. The van der Waals surface area contributed by atoms with Crippen molar-refractivity contribution < 1.29 is 27.9 Å². The van der Waals surface area contributed by atoms with Crippen LogP contribution >= 0.6 is 0 Å². The Hall–Kier alpha value is -3.67. The summed E-state index contributed by atoms with van der Waals surface area (Å²) in [5, 5.41) is 17.4. The second-order valence-corrected chi connectivity index (χ2v) is 12.1. The van der Waals surface area contributed by atoms with Crippen molar-refractivity contribution in [1.29, 1.82) is 0 Å². The van der Waals surface area contributed by atoms with Crippen LogP contribution in [0.25, 0.3) is 10.8 Å². The maximum atomic E-state index is 13.6. The average molecular weight is 555 g/mol. The zero-order valence-corrected chi connectivity index (χ0v) is 23.2. The van der Waals surface area contributed by atoms with E-state index in [2.05, 4.69) is 10.6 Å². The van der Waals surface area contributed by atoms with E-state index in [9.17, 15) is 23.1 Å². The van der Waals surface area contributed by atoms with Crippen LogP contribution in [0.4, 0.5) is 16.2 Å². The van der Waals surface area contributed by atoms with Crippen LogP contribution in [0.3, 0.4) is 0 Å². The van der Waals surface area contributed by atoms with Gasteiger partial charge in [-0.05, 0) is 36.6 Å². The molecule has 3 aromatic rings. The molecule has 0 spiro atoms. The van der Waals surface area contributed by atoms with Crippen LogP contribution in [0.2, 0.25) is 0 Å². The lowest BCUT2D eigenvalue weighted by Crippen LogP contribution is -2.50. The number of ether oxygens (including phenoxy) is 1. The van der Waals surface area contributed by atoms with Crippen LogP contribution in [0.5, 0.6) is 5.75 Å². The van der Waals surface area contributed by atoms with E-state index in [1.165, 1.54) is 17.4 Å². The van der Waals surface area contributed by atoms with Gasteiger partial charge < -0.3 is 25.4 Å². The van der Waals surface area contributed by atoms with Gasteiger partial charge in [-0.15, -0.1) is 0 Å². The first-order valence-electron chi connectivity index (χ1n) is 12.7. The maximum absolute atomic E-state index is 13.6. The first-order chi connectivity index (χ1) is 18.5. The molecule has 1 aliphatic rings. The number of sulfonamides is 1. The number of aliphatic hydroxyl groups excluding tert-OH is 1. The topological polar surface area (TPSA) is 128 Å². The minimum atomic E-state index is -3.45. The normalized spacial score (nSPS) is 18.6. The number of hydrogen-bond acceptors (Lipinski definition) is 6. The van der Waals surface area contributed by atoms with Gasteiger partial charge in [0.1, 0.15) is 11.9 Å². The first-order valence-corrected chi connectivity index (χ1v) is 14.5. The Morgan fingerprint density at radius 2 is 1.87 bits per heavy atom. The van der Waals surface area contributed by atoms with E-state index in [0.717, 1.165) is 17.0 Å². The van der Waals surface area contributed by atoms with E-state index in [0.29, 0.717) is 11.4 Å². The van der Waals surface area contributed by atoms with E-state index in [4.69, 9.17) is 4.74 Å². The van der Waals surface area contributed by atoms with Gasteiger partial charge >= 0.3 is 6.03 Å². The zero-order chi connectivity index (χ0) is 28.3. The van der Waals surface area contributed by atoms with Gasteiger partial charge in [-0.2, -0.15) is 0 Å². The van der Waals surface area contributed by atoms with Gasteiger partial charge in [0.25, 0.3) is 5.91 Å². The van der Waals surface area contributed by atoms with Crippen molar-refractivity contribution in [3.05, 3.63) is 66.2 Å². The fourth-order valence-corrected chi connectivity index (χ4v) is 4.94. The molecule has 0 saturated carbocycles. The van der Waals surface area contributed by atoms with E-state index >= 15 is 0 Å². The molecule has 0 fully saturated rings. The van der Waals surface area contributed by atoms with Crippen molar-refractivity contribution in [2.75, 3.05) is 43.6 Å². The lowest BCUT2D eigenvalue weighted by molar-refractivity contribution is 0.0387. The smallest absolute Gasteiger partial charge is 0.323 e. The van der Waals surface area contributed by atoms with E-state index < -0.39 is 28.2 Å². The van der Waals surface area contributed by atoms with Gasteiger partial charge in [0.2, 0.25) is 10.0 Å². The second-order valence-electron chi connectivity index (χ2n) is 9.98. The Labute approximate surface area is 228 Å². The number of nitrogens with one attached hydrogen (secondary N) is 2. The molecule has 3 atom stereocenters. The second kappa shape index (κ2) is 11.6. The highest BCUT2D eigenvalue weighted by Gasteiger charge is 2.34. The number of benzene rings is 3. The monoisotopic (exact) mass is 554 g/mol. The summed E-state index contributed by atoms with van der Waals surface area (Å²) in [4.78, 5) is 28.0. The lowest BCUT2D eigenvalue weighted by atomic mass is 9.99. The molecule has 0 saturated heterocycles. The number of amides is 3. The summed E-state index contributed by atoms with van der Waals surface area (Å²) in [6.07, 6.45) is 0.567. The van der Waals surface area contributed by atoms with Gasteiger partial charge in [0.15, 0.2) is 0 Å². The summed E-state index contributed by atoms with van der Waals surface area (Å²) in [5.41, 5.74) is 1.22. The molecule has 3 aromatic carbocycles. The molecule has 0 radical (unpaired) electrons. The highest BCUT2D eigenvalue weighted by molar-refractivity contribution is 7.88. The zero-order valence-electron chi connectivity index (χ0n) is 22.4. The van der Waals surface area contributed by atoms with Gasteiger partial charge in [-0.1, -0.05) is 43.3 Å². The standard InChI is InChI=1S/C28H34N4O6S/c1-18-15-32(19(2)17-33)27(34)23-14-21(12-13-25(23)38-26(18)16-31(3)39(4,36)37)29-28(35)30-24-11-7-9-20-8-5-6-10-22(20)24/h5-14,18-19,26,33H,15-17H2,1-4H3,(H2,29,30,35)/t18-,19+,26+/m0/s1. The van der Waals surface area contributed by atoms with E-state index in [1.54, 1.807) is 24.0 Å². The Morgan fingerprint density at radius 1 is 1.15 bits per heavy atom.